The summed E-state index contributed by atoms with van der Waals surface area (Å²) in [7, 11) is 0. The number of rotatable bonds is 6. The van der Waals surface area contributed by atoms with Crippen LogP contribution in [0.3, 0.4) is 0 Å². The number of hydrogen-bond donors (Lipinski definition) is 4. The van der Waals surface area contributed by atoms with Crippen molar-refractivity contribution in [2.45, 2.75) is 57.0 Å². The van der Waals surface area contributed by atoms with Crippen LogP contribution in [0.15, 0.2) is 47.5 Å². The van der Waals surface area contributed by atoms with Crippen molar-refractivity contribution in [1.29, 1.82) is 0 Å². The highest BCUT2D eigenvalue weighted by Gasteiger charge is 2.42. The SMILES string of the molecule is CCCC(=O)Nc1cncc(C2CCC3NNC(c4nc5nccc(-c6ccsc6)c5[nH]4)C3C2)c1. The van der Waals surface area contributed by atoms with E-state index in [-0.39, 0.29) is 11.9 Å². The molecule has 0 radical (unpaired) electrons. The number of anilines is 1. The van der Waals surface area contributed by atoms with Gasteiger partial charge in [-0.1, -0.05) is 6.92 Å². The number of carbonyl (C=O) groups is 1. The van der Waals surface area contributed by atoms with Gasteiger partial charge in [-0.3, -0.25) is 15.2 Å². The summed E-state index contributed by atoms with van der Waals surface area (Å²) in [6.07, 6.45) is 10.0. The van der Waals surface area contributed by atoms with Crippen LogP contribution in [0, 0.1) is 5.92 Å². The lowest BCUT2D eigenvalue weighted by molar-refractivity contribution is -0.116. The van der Waals surface area contributed by atoms with E-state index >= 15 is 0 Å². The van der Waals surface area contributed by atoms with Gasteiger partial charge in [0.05, 0.1) is 23.4 Å². The summed E-state index contributed by atoms with van der Waals surface area (Å²) in [6.45, 7) is 2.01. The second kappa shape index (κ2) is 9.49. The van der Waals surface area contributed by atoms with Gasteiger partial charge in [0.25, 0.3) is 0 Å². The van der Waals surface area contributed by atoms with Gasteiger partial charge in [-0.05, 0) is 77.6 Å². The average Bonchev–Trinajstić information content (AvgIpc) is 3.63. The molecule has 1 aliphatic heterocycles. The first-order valence-corrected chi connectivity index (χ1v) is 13.3. The number of aromatic amines is 1. The van der Waals surface area contributed by atoms with Gasteiger partial charge >= 0.3 is 0 Å². The van der Waals surface area contributed by atoms with Crippen LogP contribution < -0.4 is 16.2 Å². The third-order valence-electron chi connectivity index (χ3n) is 7.28. The molecule has 4 aromatic rings. The lowest BCUT2D eigenvalue weighted by Crippen LogP contribution is -2.34. The summed E-state index contributed by atoms with van der Waals surface area (Å²) >= 11 is 1.69. The summed E-state index contributed by atoms with van der Waals surface area (Å²) < 4.78 is 0. The predicted octanol–water partition coefficient (Wildman–Crippen LogP) is 4.92. The average molecular weight is 488 g/mol. The zero-order valence-electron chi connectivity index (χ0n) is 19.6. The molecule has 2 fully saturated rings. The zero-order chi connectivity index (χ0) is 23.8. The Hall–Kier alpha value is -3.14. The van der Waals surface area contributed by atoms with E-state index in [0.717, 1.165) is 53.9 Å². The Morgan fingerprint density at radius 1 is 1.23 bits per heavy atom. The fraction of sp³-hybridized carbons (Fsp3) is 0.385. The number of amides is 1. The minimum atomic E-state index is 0.0414. The molecule has 6 rings (SSSR count). The zero-order valence-corrected chi connectivity index (χ0v) is 20.4. The van der Waals surface area contributed by atoms with Crippen LogP contribution in [0.1, 0.15) is 62.4 Å². The fourth-order valence-electron chi connectivity index (χ4n) is 5.57. The summed E-state index contributed by atoms with van der Waals surface area (Å²) in [5, 5.41) is 7.23. The topological polar surface area (TPSA) is 108 Å². The van der Waals surface area contributed by atoms with Gasteiger partial charge in [-0.25, -0.2) is 15.4 Å². The third kappa shape index (κ3) is 4.35. The number of hydrogen-bond acceptors (Lipinski definition) is 7. The third-order valence-corrected chi connectivity index (χ3v) is 7.96. The number of H-pyrrole nitrogens is 1. The molecule has 2 aliphatic rings. The van der Waals surface area contributed by atoms with Crippen molar-refractivity contribution in [2.24, 2.45) is 5.92 Å². The standard InChI is InChI=1S/C26H29N7OS/c1-2-3-22(34)29-18-10-17(12-27-13-18)15-4-5-21-20(11-15)24(33-32-21)26-30-23-19(16-7-9-35-14-16)6-8-28-25(23)31-26/h6-10,12-15,20-21,24,32-33H,2-5,11H2,1H3,(H,29,34)(H,28,30,31). The normalized spacial score (nSPS) is 23.9. The van der Waals surface area contributed by atoms with Crippen molar-refractivity contribution in [2.75, 3.05) is 5.32 Å². The highest BCUT2D eigenvalue weighted by atomic mass is 32.1. The number of nitrogens with one attached hydrogen (secondary N) is 4. The molecular formula is C26H29N7OS. The molecule has 9 heteroatoms. The van der Waals surface area contributed by atoms with Crippen LogP contribution >= 0.6 is 11.3 Å². The van der Waals surface area contributed by atoms with Gasteiger partial charge in [0, 0.05) is 30.4 Å². The minimum Gasteiger partial charge on any atom is -0.339 e. The van der Waals surface area contributed by atoms with Crippen LogP contribution in [0.25, 0.3) is 22.3 Å². The van der Waals surface area contributed by atoms with E-state index in [2.05, 4.69) is 54.0 Å². The number of hydrazine groups is 1. The van der Waals surface area contributed by atoms with E-state index in [1.807, 2.05) is 25.4 Å². The first kappa shape index (κ1) is 22.3. The quantitative estimate of drug-likeness (QED) is 0.307. The first-order chi connectivity index (χ1) is 17.2. The lowest BCUT2D eigenvalue weighted by Gasteiger charge is -2.33. The Labute approximate surface area is 208 Å². The molecule has 0 spiro atoms. The molecule has 8 nitrogen and oxygen atoms in total. The molecule has 0 bridgehead atoms. The van der Waals surface area contributed by atoms with E-state index in [4.69, 9.17) is 4.98 Å². The summed E-state index contributed by atoms with van der Waals surface area (Å²) in [4.78, 5) is 29.5. The first-order valence-electron chi connectivity index (χ1n) is 12.3. The largest absolute Gasteiger partial charge is 0.339 e. The number of carbonyl (C=O) groups excluding carboxylic acids is 1. The van der Waals surface area contributed by atoms with Crippen molar-refractivity contribution in [3.8, 4) is 11.1 Å². The highest BCUT2D eigenvalue weighted by molar-refractivity contribution is 7.08. The maximum Gasteiger partial charge on any atom is 0.224 e. The molecule has 1 saturated heterocycles. The smallest absolute Gasteiger partial charge is 0.224 e. The number of pyridine rings is 2. The van der Waals surface area contributed by atoms with E-state index in [9.17, 15) is 4.79 Å². The number of thiophene rings is 1. The second-order valence-electron chi connectivity index (χ2n) is 9.54. The van der Waals surface area contributed by atoms with E-state index < -0.39 is 0 Å². The van der Waals surface area contributed by atoms with Gasteiger partial charge < -0.3 is 10.3 Å². The Balaban J connectivity index is 1.24. The maximum atomic E-state index is 12.1. The van der Waals surface area contributed by atoms with Gasteiger partial charge in [-0.2, -0.15) is 11.3 Å². The molecule has 5 heterocycles. The van der Waals surface area contributed by atoms with E-state index in [0.29, 0.717) is 24.3 Å². The van der Waals surface area contributed by atoms with Crippen molar-refractivity contribution in [3.63, 3.8) is 0 Å². The van der Waals surface area contributed by atoms with Crippen LogP contribution in [0.2, 0.25) is 0 Å². The molecule has 0 aromatic carbocycles. The molecule has 4 aromatic heterocycles. The molecule has 4 unspecified atom stereocenters. The fourth-order valence-corrected chi connectivity index (χ4v) is 6.22. The Kier molecular flexibility index (Phi) is 6.05. The molecule has 180 valence electrons. The Bertz CT molecular complexity index is 1330. The Morgan fingerprint density at radius 3 is 3.03 bits per heavy atom. The minimum absolute atomic E-state index is 0.0414. The number of imidazole rings is 1. The van der Waals surface area contributed by atoms with Gasteiger partial charge in [0.2, 0.25) is 5.91 Å². The van der Waals surface area contributed by atoms with Crippen molar-refractivity contribution in [3.05, 3.63) is 58.9 Å². The van der Waals surface area contributed by atoms with Crippen molar-refractivity contribution >= 4 is 34.1 Å². The summed E-state index contributed by atoms with van der Waals surface area (Å²) in [5.74, 6) is 1.74. The molecule has 35 heavy (non-hydrogen) atoms. The second-order valence-corrected chi connectivity index (χ2v) is 10.3. The molecule has 1 amide bonds. The Morgan fingerprint density at radius 2 is 2.17 bits per heavy atom. The van der Waals surface area contributed by atoms with Crippen molar-refractivity contribution in [1.82, 2.24) is 30.8 Å². The van der Waals surface area contributed by atoms with E-state index in [1.54, 1.807) is 17.5 Å². The summed E-state index contributed by atoms with van der Waals surface area (Å²) in [5.41, 5.74) is 13.1. The van der Waals surface area contributed by atoms with Crippen molar-refractivity contribution < 1.29 is 4.79 Å². The predicted molar refractivity (Wildman–Crippen MR) is 138 cm³/mol. The van der Waals surface area contributed by atoms with E-state index in [1.165, 1.54) is 11.1 Å². The molecular weight excluding hydrogens is 458 g/mol. The van der Waals surface area contributed by atoms with Crippen LogP contribution in [-0.2, 0) is 4.79 Å². The molecule has 4 N–H and O–H groups in total. The maximum absolute atomic E-state index is 12.1. The van der Waals surface area contributed by atoms with Crippen LogP contribution in [0.4, 0.5) is 5.69 Å². The lowest BCUT2D eigenvalue weighted by atomic mass is 9.73. The monoisotopic (exact) mass is 487 g/mol. The summed E-state index contributed by atoms with van der Waals surface area (Å²) in [6, 6.07) is 6.74. The number of aromatic nitrogens is 4. The molecule has 4 atom stereocenters. The number of nitrogens with zero attached hydrogens (tertiary/aromatic N) is 3. The van der Waals surface area contributed by atoms with Crippen LogP contribution in [-0.4, -0.2) is 31.9 Å². The van der Waals surface area contributed by atoms with Gasteiger partial charge in [0.1, 0.15) is 5.82 Å². The van der Waals surface area contributed by atoms with Crippen LogP contribution in [0.5, 0.6) is 0 Å². The van der Waals surface area contributed by atoms with Gasteiger partial charge in [-0.15, -0.1) is 0 Å². The highest BCUT2D eigenvalue weighted by Crippen LogP contribution is 2.44. The molecule has 1 saturated carbocycles. The molecule has 1 aliphatic carbocycles. The number of fused-ring (bicyclic) bond motifs is 2. The van der Waals surface area contributed by atoms with Gasteiger partial charge in [0.15, 0.2) is 5.65 Å².